The van der Waals surface area contributed by atoms with Crippen LogP contribution in [0.5, 0.6) is 0 Å². The molecule has 2 aliphatic rings. The molecule has 13 N–H and O–H groups in total. The van der Waals surface area contributed by atoms with Crippen molar-refractivity contribution in [2.75, 3.05) is 58.2 Å². The van der Waals surface area contributed by atoms with E-state index >= 15 is 0 Å². The molecule has 0 saturated heterocycles. The zero-order valence-corrected chi connectivity index (χ0v) is 62.0. The first kappa shape index (κ1) is 80.1. The van der Waals surface area contributed by atoms with Gasteiger partial charge in [0.15, 0.2) is 21.3 Å². The monoisotopic (exact) mass is 1690 g/mol. The van der Waals surface area contributed by atoms with Crippen LogP contribution < -0.4 is 31.7 Å². The lowest BCUT2D eigenvalue weighted by Crippen LogP contribution is -2.27. The Kier molecular flexibility index (Phi) is 21.0. The molecule has 0 atom stereocenters. The van der Waals surface area contributed by atoms with Crippen molar-refractivity contribution in [3.63, 3.8) is 0 Å². The van der Waals surface area contributed by atoms with Gasteiger partial charge in [-0.2, -0.15) is 97.6 Å². The second kappa shape index (κ2) is 28.8. The van der Waals surface area contributed by atoms with Crippen LogP contribution in [0, 0.1) is 0 Å². The molecule has 1 aromatic heterocycles. The lowest BCUT2D eigenvalue weighted by molar-refractivity contribution is 0.105. The maximum Gasteiger partial charge on any atom is 0.397 e. The Morgan fingerprint density at radius 1 is 0.455 bits per heavy atom. The zero-order valence-electron chi connectivity index (χ0n) is 54.7. The van der Waals surface area contributed by atoms with E-state index in [1.807, 2.05) is 0 Å². The van der Waals surface area contributed by atoms with Crippen LogP contribution in [0.2, 0.25) is 0 Å². The summed E-state index contributed by atoms with van der Waals surface area (Å²) in [5.74, 6) is -4.86. The molecule has 11 rings (SSSR count). The normalized spacial score (nSPS) is 14.9. The van der Waals surface area contributed by atoms with Crippen LogP contribution in [0.25, 0.3) is 33.7 Å². The van der Waals surface area contributed by atoms with Crippen LogP contribution in [-0.4, -0.2) is 177 Å². The number of azo groups is 1. The second-order valence-electron chi connectivity index (χ2n) is 22.9. The molecule has 0 fully saturated rings. The van der Waals surface area contributed by atoms with E-state index in [0.717, 1.165) is 133 Å². The summed E-state index contributed by atoms with van der Waals surface area (Å²) < 4.78 is 311. The van der Waals surface area contributed by atoms with E-state index in [-0.39, 0.29) is 45.0 Å². The first-order valence-electron chi connectivity index (χ1n) is 29.6. The van der Waals surface area contributed by atoms with Gasteiger partial charge < -0.3 is 20.9 Å². The standard InChI is InChI=1S/C59H47N13O29S9/c1-71(32-11-15-35-29(23-32)25-49(106(86,87)88)51(53(35)73)69-66-42-19-17-37-39(55(42)108(92,93)94)5-3-7-46(37)103(77,78)79)58-62-57(61-44-27-41(60)48(105(83,84)85)28-45(44)68-65-31-9-13-34(14-10-31)102(75,76)22-21-101-110(98,99)100)63-59(64-58)72(2)33-12-16-36-30(24-33)26-50(107(89,90)91)52(54(36)74)70-67-43-20-18-38-40(56(43)109(95,96)97)6-4-8-47(38)104(80,81)82/h3-20,23-28,66-67H,21-22,60H2,1-2H3,(H,77,78,79)(H,80,81,82)(H,83,84,85)(H,86,87,88)(H,89,90,91)(H,92,93,94)(H,95,96,97)(H,98,99,100)(H,61,62,63,64)/b68-65?,69-51-,70-52-. The maximum atomic E-state index is 14.4. The number of aromatic nitrogens is 3. The molecule has 8 aromatic carbocycles. The van der Waals surface area contributed by atoms with Crippen molar-refractivity contribution in [3.8, 4) is 0 Å². The molecular weight excluding hydrogens is 1640 g/mol. The number of carbonyl (C=O) groups is 2. The van der Waals surface area contributed by atoms with Crippen molar-refractivity contribution in [3.05, 3.63) is 166 Å². The number of nitrogens with one attached hydrogen (secondary N) is 3. The number of nitrogen functional groups attached to an aromatic ring is 1. The second-order valence-corrected chi connectivity index (χ2v) is 35.8. The van der Waals surface area contributed by atoms with Gasteiger partial charge in [-0.25, -0.2) is 12.6 Å². The number of carbonyl (C=O) groups excluding carboxylic acids is 2. The van der Waals surface area contributed by atoms with Gasteiger partial charge in [-0.15, -0.1) is 5.11 Å². The van der Waals surface area contributed by atoms with Gasteiger partial charge in [0.2, 0.25) is 29.4 Å². The highest BCUT2D eigenvalue weighted by atomic mass is 32.3. The quantitative estimate of drug-likeness (QED) is 0.0141. The summed E-state index contributed by atoms with van der Waals surface area (Å²) >= 11 is 0. The third kappa shape index (κ3) is 16.9. The Labute approximate surface area is 621 Å². The Morgan fingerprint density at radius 2 is 0.891 bits per heavy atom. The number of fused-ring (bicyclic) bond motifs is 4. The van der Waals surface area contributed by atoms with E-state index in [4.69, 9.17) is 10.3 Å². The number of hydrogen-bond acceptors (Lipinski definition) is 34. The molecule has 0 amide bonds. The third-order valence-corrected chi connectivity index (χ3v) is 24.4. The van der Waals surface area contributed by atoms with Gasteiger partial charge in [0.25, 0.3) is 70.8 Å². The van der Waals surface area contributed by atoms with Crippen molar-refractivity contribution < 1.29 is 126 Å². The van der Waals surface area contributed by atoms with Crippen molar-refractivity contribution in [1.29, 1.82) is 0 Å². The summed E-state index contributed by atoms with van der Waals surface area (Å²) in [4.78, 5) is 37.2. The first-order chi connectivity index (χ1) is 50.9. The Morgan fingerprint density at radius 3 is 1.29 bits per heavy atom. The Hall–Kier alpha value is -11.0. The number of sulfone groups is 1. The largest absolute Gasteiger partial charge is 0.398 e. The lowest BCUT2D eigenvalue weighted by atomic mass is 9.94. The van der Waals surface area contributed by atoms with Crippen LogP contribution in [0.15, 0.2) is 193 Å². The van der Waals surface area contributed by atoms with Crippen LogP contribution in [-0.2, 0) is 95.2 Å². The highest BCUT2D eigenvalue weighted by molar-refractivity contribution is 7.92. The lowest BCUT2D eigenvalue weighted by Gasteiger charge is -2.24. The predicted octanol–water partition coefficient (Wildman–Crippen LogP) is 6.07. The predicted molar refractivity (Wildman–Crippen MR) is 390 cm³/mol. The number of nitrogens with zero attached hydrogens (tertiary/aromatic N) is 9. The van der Waals surface area contributed by atoms with Gasteiger partial charge in [0.05, 0.1) is 45.7 Å². The van der Waals surface area contributed by atoms with Gasteiger partial charge in [0.1, 0.15) is 40.0 Å². The molecule has 2 aliphatic carbocycles. The van der Waals surface area contributed by atoms with Gasteiger partial charge in [-0.05, 0) is 120 Å². The van der Waals surface area contributed by atoms with Crippen LogP contribution >= 0.6 is 0 Å². The SMILES string of the molecule is CN(c1ccc2c(c1)C=C(S(=O)(=O)O)/C(=N/Nc1ccc3c(S(=O)(=O)O)cccc3c1S(=O)(=O)O)C2=O)c1nc(Nc2cc(N)c(S(=O)(=O)O)cc2N=Nc2ccc(S(=O)(=O)CCOS(=O)(=O)O)cc2)nc(N(C)c2ccc3c(c2)C=C(S(=O)(=O)O)/C(=N/Nc2ccc4c(S(=O)(=O)O)cccc4c2S(=O)(=O)O)C3=O)n1. The van der Waals surface area contributed by atoms with E-state index in [1.54, 1.807) is 0 Å². The van der Waals surface area contributed by atoms with Crippen molar-refractivity contribution >= 4 is 211 Å². The highest BCUT2D eigenvalue weighted by Crippen LogP contribution is 2.41. The number of ketones is 2. The molecule has 0 saturated carbocycles. The summed E-state index contributed by atoms with van der Waals surface area (Å²) in [5, 5.41) is 16.7. The molecule has 1 heterocycles. The van der Waals surface area contributed by atoms with Gasteiger partial charge in [-0.1, -0.05) is 36.4 Å². The molecule has 51 heteroatoms. The number of allylic oxidation sites excluding steroid dienone is 2. The van der Waals surface area contributed by atoms with Gasteiger partial charge in [-0.3, -0.25) is 56.9 Å². The number of benzene rings is 8. The number of Topliss-reactive ketones (excluding diaryl/α,β-unsaturated/α-hetero) is 2. The molecule has 576 valence electrons. The Bertz CT molecular complexity index is 6530. The van der Waals surface area contributed by atoms with Crippen molar-refractivity contribution in [2.45, 2.75) is 29.4 Å². The summed E-state index contributed by atoms with van der Waals surface area (Å²) in [6.45, 7) is -0.972. The molecule has 0 bridgehead atoms. The van der Waals surface area contributed by atoms with Gasteiger partial charge >= 0.3 is 10.4 Å². The smallest absolute Gasteiger partial charge is 0.397 e. The molecule has 0 spiro atoms. The van der Waals surface area contributed by atoms with Crippen LogP contribution in [0.4, 0.5) is 63.3 Å². The molecule has 110 heavy (non-hydrogen) atoms. The molecule has 42 nitrogen and oxygen atoms in total. The third-order valence-electron chi connectivity index (χ3n) is 15.9. The maximum absolute atomic E-state index is 14.4. The number of rotatable bonds is 24. The fourth-order valence-corrected chi connectivity index (χ4v) is 17.5. The average Bonchev–Trinajstić information content (AvgIpc) is 0.756. The molecule has 0 radical (unpaired) electrons. The van der Waals surface area contributed by atoms with Crippen molar-refractivity contribution in [1.82, 2.24) is 15.0 Å². The van der Waals surface area contributed by atoms with E-state index in [1.165, 1.54) is 36.0 Å². The fourth-order valence-electron chi connectivity index (χ4n) is 10.9. The number of hydrogen-bond donors (Lipinski definition) is 12. The first-order valence-corrected chi connectivity index (χ1v) is 42.7. The number of anilines is 9. The minimum atomic E-state index is -5.51. The fraction of sp³-hybridized carbons (Fsp3) is 0.0678. The zero-order chi connectivity index (χ0) is 80.7. The summed E-state index contributed by atoms with van der Waals surface area (Å²) in [7, 11) is -43.6. The van der Waals surface area contributed by atoms with Crippen LogP contribution in [0.1, 0.15) is 31.8 Å². The highest BCUT2D eigenvalue weighted by Gasteiger charge is 2.37. The summed E-state index contributed by atoms with van der Waals surface area (Å²) in [6.07, 6.45) is 1.52. The minimum absolute atomic E-state index is 0.0466. The molecular formula is C59H47N13O29S9. The van der Waals surface area contributed by atoms with E-state index < -0.39 is 228 Å². The van der Waals surface area contributed by atoms with Crippen LogP contribution in [0.3, 0.4) is 0 Å². The van der Waals surface area contributed by atoms with E-state index in [9.17, 15) is 117 Å². The summed E-state index contributed by atoms with van der Waals surface area (Å²) in [5.41, 5.74) is 4.00. The molecule has 0 aliphatic heterocycles. The number of nitrogens with two attached hydrogens (primary N) is 1. The van der Waals surface area contributed by atoms with E-state index in [0.29, 0.717) is 0 Å². The molecule has 0 unspecified atom stereocenters. The topological polar surface area (TPSA) is 669 Å². The van der Waals surface area contributed by atoms with E-state index in [2.05, 4.69) is 55.7 Å². The summed E-state index contributed by atoms with van der Waals surface area (Å²) in [6, 6.07) is 22.5. The number of hydrazone groups is 2. The minimum Gasteiger partial charge on any atom is -0.398 e. The van der Waals surface area contributed by atoms with Gasteiger partial charge in [0, 0.05) is 58.1 Å². The Balaban J connectivity index is 1.000. The molecule has 9 aromatic rings. The van der Waals surface area contributed by atoms with Crippen molar-refractivity contribution in [2.24, 2.45) is 20.4 Å². The average molecular weight is 1690 g/mol.